The van der Waals surface area contributed by atoms with Gasteiger partial charge in [-0.15, -0.1) is 0 Å². The van der Waals surface area contributed by atoms with Gasteiger partial charge in [0.2, 0.25) is 0 Å². The number of benzene rings is 2. The number of Topliss-reactive ketones (excluding diaryl/α,β-unsaturated/α-hetero) is 1. The van der Waals surface area contributed by atoms with Gasteiger partial charge in [0.1, 0.15) is 17.2 Å². The predicted octanol–water partition coefficient (Wildman–Crippen LogP) is 5.18. The van der Waals surface area contributed by atoms with E-state index in [0.717, 1.165) is 6.07 Å². The number of nitrogens with zero attached hydrogens (tertiary/aromatic N) is 1. The third-order valence-corrected chi connectivity index (χ3v) is 5.71. The minimum absolute atomic E-state index is 0.182. The number of rotatable bonds is 3. The number of aromatic nitrogens is 1. The molecule has 32 heavy (non-hydrogen) atoms. The van der Waals surface area contributed by atoms with Crippen LogP contribution in [0.2, 0.25) is 5.02 Å². The van der Waals surface area contributed by atoms with Crippen LogP contribution in [0.25, 0.3) is 5.69 Å². The molecule has 3 aromatic rings. The van der Waals surface area contributed by atoms with Crippen molar-refractivity contribution < 1.29 is 18.4 Å². The number of nitrogens with one attached hydrogen (secondary N) is 1. The quantitative estimate of drug-likeness (QED) is 0.590. The van der Waals surface area contributed by atoms with Gasteiger partial charge >= 0.3 is 0 Å². The molecule has 0 saturated carbocycles. The number of ketones is 1. The molecule has 164 valence electrons. The van der Waals surface area contributed by atoms with E-state index >= 15 is 0 Å². The molecule has 1 aliphatic carbocycles. The summed E-state index contributed by atoms with van der Waals surface area (Å²) < 4.78 is 28.0. The highest BCUT2D eigenvalue weighted by atomic mass is 35.5. The Bertz CT molecular complexity index is 1310. The smallest absolute Gasteiger partial charge is 0.268 e. The van der Waals surface area contributed by atoms with Crippen LogP contribution in [0.5, 0.6) is 0 Å². The van der Waals surface area contributed by atoms with Crippen LogP contribution in [-0.4, -0.2) is 16.3 Å². The molecule has 0 saturated heterocycles. The lowest BCUT2D eigenvalue weighted by atomic mass is 9.73. The molecular weight excluding hydrogens is 438 g/mol. The maximum atomic E-state index is 13.5. The molecular formula is C24H19ClF2N2O3. The largest absolute Gasteiger partial charge is 0.322 e. The van der Waals surface area contributed by atoms with Gasteiger partial charge in [-0.2, -0.15) is 0 Å². The Balaban J connectivity index is 1.89. The van der Waals surface area contributed by atoms with Gasteiger partial charge in [0.25, 0.3) is 11.5 Å². The fraction of sp³-hybridized carbons (Fsp3) is 0.208. The lowest BCUT2D eigenvalue weighted by Gasteiger charge is -2.31. The molecule has 4 rings (SSSR count). The van der Waals surface area contributed by atoms with Crippen molar-refractivity contribution in [2.24, 2.45) is 5.41 Å². The lowest BCUT2D eigenvalue weighted by molar-refractivity contribution is 0.0910. The second-order valence-corrected chi connectivity index (χ2v) is 8.98. The summed E-state index contributed by atoms with van der Waals surface area (Å²) in [6, 6.07) is 8.81. The zero-order valence-corrected chi connectivity index (χ0v) is 18.1. The molecule has 2 aromatic carbocycles. The summed E-state index contributed by atoms with van der Waals surface area (Å²) >= 11 is 5.80. The first-order chi connectivity index (χ1) is 15.1. The summed E-state index contributed by atoms with van der Waals surface area (Å²) in [6.07, 6.45) is 2.02. The van der Waals surface area contributed by atoms with Gasteiger partial charge < -0.3 is 5.32 Å². The molecule has 0 atom stereocenters. The van der Waals surface area contributed by atoms with E-state index in [1.807, 2.05) is 13.8 Å². The number of carbonyl (C=O) groups is 2. The van der Waals surface area contributed by atoms with Crippen molar-refractivity contribution in [3.63, 3.8) is 0 Å². The monoisotopic (exact) mass is 456 g/mol. The van der Waals surface area contributed by atoms with E-state index in [1.165, 1.54) is 47.2 Å². The summed E-state index contributed by atoms with van der Waals surface area (Å²) in [4.78, 5) is 39.5. The van der Waals surface area contributed by atoms with E-state index in [1.54, 1.807) is 0 Å². The fourth-order valence-electron chi connectivity index (χ4n) is 3.94. The third-order valence-electron chi connectivity index (χ3n) is 5.42. The minimum Gasteiger partial charge on any atom is -0.322 e. The molecule has 1 heterocycles. The number of fused-ring (bicyclic) bond motifs is 1. The van der Waals surface area contributed by atoms with Crippen LogP contribution in [0.15, 0.2) is 53.5 Å². The van der Waals surface area contributed by atoms with E-state index in [0.29, 0.717) is 17.7 Å². The molecule has 1 amide bonds. The Hall–Kier alpha value is -3.32. The van der Waals surface area contributed by atoms with Crippen LogP contribution in [0.1, 0.15) is 46.5 Å². The first kappa shape index (κ1) is 21.9. The topological polar surface area (TPSA) is 68.2 Å². The average molecular weight is 457 g/mol. The second-order valence-electron chi connectivity index (χ2n) is 8.57. The maximum absolute atomic E-state index is 13.5. The van der Waals surface area contributed by atoms with Gasteiger partial charge in [0.05, 0.1) is 5.02 Å². The van der Waals surface area contributed by atoms with Gasteiger partial charge in [-0.3, -0.25) is 19.0 Å². The standard InChI is InChI=1S/C24H19ClF2N2O3/c1-24(2)10-16-17(20(30)11-24)12-29(15-6-3-13(26)4-7-15)23(32)21(16)22(31)28-14-5-8-19(27)18(25)9-14/h3-9,12H,10-11H2,1-2H3,(H,28,31). The SMILES string of the molecule is CC1(C)CC(=O)c2cn(-c3ccc(F)cc3)c(=O)c(C(=O)Nc3ccc(F)c(Cl)c3)c2C1. The molecule has 0 spiro atoms. The zero-order chi connectivity index (χ0) is 23.2. The van der Waals surface area contributed by atoms with Gasteiger partial charge in [0.15, 0.2) is 5.78 Å². The summed E-state index contributed by atoms with van der Waals surface area (Å²) in [5.74, 6) is -2.06. The van der Waals surface area contributed by atoms with E-state index in [2.05, 4.69) is 5.32 Å². The van der Waals surface area contributed by atoms with Gasteiger partial charge in [-0.05, 0) is 59.9 Å². The van der Waals surface area contributed by atoms with Crippen LogP contribution >= 0.6 is 11.6 Å². The highest BCUT2D eigenvalue weighted by Crippen LogP contribution is 2.36. The van der Waals surface area contributed by atoms with E-state index in [-0.39, 0.29) is 34.0 Å². The van der Waals surface area contributed by atoms with Crippen molar-refractivity contribution in [2.45, 2.75) is 26.7 Å². The predicted molar refractivity (Wildman–Crippen MR) is 118 cm³/mol. The Morgan fingerprint density at radius 1 is 1.06 bits per heavy atom. The molecule has 5 nitrogen and oxygen atoms in total. The number of hydrogen-bond donors (Lipinski definition) is 1. The second kappa shape index (κ2) is 7.98. The molecule has 8 heteroatoms. The number of amides is 1. The number of anilines is 1. The van der Waals surface area contributed by atoms with Crippen molar-refractivity contribution in [3.8, 4) is 5.69 Å². The molecule has 0 bridgehead atoms. The van der Waals surface area contributed by atoms with Crippen molar-refractivity contribution in [3.05, 3.63) is 92.4 Å². The molecule has 1 aliphatic rings. The number of carbonyl (C=O) groups excluding carboxylic acids is 2. The number of halogens is 3. The van der Waals surface area contributed by atoms with Crippen LogP contribution in [0.3, 0.4) is 0 Å². The Labute approximate surface area is 187 Å². The van der Waals surface area contributed by atoms with Crippen molar-refractivity contribution in [1.29, 1.82) is 0 Å². The van der Waals surface area contributed by atoms with Crippen molar-refractivity contribution >= 4 is 29.0 Å². The molecule has 0 fully saturated rings. The first-order valence-electron chi connectivity index (χ1n) is 9.90. The summed E-state index contributed by atoms with van der Waals surface area (Å²) in [5.41, 5.74) is -0.119. The summed E-state index contributed by atoms with van der Waals surface area (Å²) in [6.45, 7) is 3.78. The fourth-order valence-corrected chi connectivity index (χ4v) is 4.12. The van der Waals surface area contributed by atoms with Gasteiger partial charge in [0, 0.05) is 29.6 Å². The van der Waals surface area contributed by atoms with Gasteiger partial charge in [-0.25, -0.2) is 8.78 Å². The van der Waals surface area contributed by atoms with E-state index in [4.69, 9.17) is 11.6 Å². The number of hydrogen-bond acceptors (Lipinski definition) is 3. The number of pyridine rings is 1. The molecule has 0 unspecified atom stereocenters. The molecule has 0 radical (unpaired) electrons. The van der Waals surface area contributed by atoms with Crippen LogP contribution < -0.4 is 10.9 Å². The van der Waals surface area contributed by atoms with Crippen LogP contribution in [0, 0.1) is 17.0 Å². The first-order valence-corrected chi connectivity index (χ1v) is 10.3. The van der Waals surface area contributed by atoms with Gasteiger partial charge in [-0.1, -0.05) is 25.4 Å². The van der Waals surface area contributed by atoms with E-state index in [9.17, 15) is 23.2 Å². The Morgan fingerprint density at radius 2 is 1.75 bits per heavy atom. The molecule has 1 aromatic heterocycles. The average Bonchev–Trinajstić information content (AvgIpc) is 2.70. The maximum Gasteiger partial charge on any atom is 0.268 e. The normalized spacial score (nSPS) is 14.7. The van der Waals surface area contributed by atoms with Crippen LogP contribution in [-0.2, 0) is 6.42 Å². The summed E-state index contributed by atoms with van der Waals surface area (Å²) in [7, 11) is 0. The minimum atomic E-state index is -0.740. The molecule has 0 aliphatic heterocycles. The molecule has 1 N–H and O–H groups in total. The lowest BCUT2D eigenvalue weighted by Crippen LogP contribution is -2.37. The summed E-state index contributed by atoms with van der Waals surface area (Å²) in [5, 5.41) is 2.39. The Kier molecular flexibility index (Phi) is 5.46. The van der Waals surface area contributed by atoms with Crippen LogP contribution in [0.4, 0.5) is 14.5 Å². The van der Waals surface area contributed by atoms with Crippen molar-refractivity contribution in [2.75, 3.05) is 5.32 Å². The third kappa shape index (κ3) is 4.08. The highest BCUT2D eigenvalue weighted by molar-refractivity contribution is 6.31. The van der Waals surface area contributed by atoms with E-state index < -0.39 is 28.5 Å². The zero-order valence-electron chi connectivity index (χ0n) is 17.3. The van der Waals surface area contributed by atoms with Crippen molar-refractivity contribution in [1.82, 2.24) is 4.57 Å². The highest BCUT2D eigenvalue weighted by Gasteiger charge is 2.36. The Morgan fingerprint density at radius 3 is 2.41 bits per heavy atom.